The predicted octanol–water partition coefficient (Wildman–Crippen LogP) is 22.6. The molecule has 2 heteroatoms. The molecule has 0 saturated carbocycles. The van der Waals surface area contributed by atoms with E-state index >= 15 is 0 Å². The van der Waals surface area contributed by atoms with Crippen LogP contribution in [0.3, 0.4) is 0 Å². The largest absolute Gasteiger partial charge is 0.310 e. The van der Waals surface area contributed by atoms with Crippen LogP contribution in [0.15, 0.2) is 303 Å². The molecule has 0 aliphatic heterocycles. The fourth-order valence-corrected chi connectivity index (χ4v) is 15.9. The molecule has 0 radical (unpaired) electrons. The highest BCUT2D eigenvalue weighted by molar-refractivity contribution is 6.03. The van der Waals surface area contributed by atoms with Crippen molar-refractivity contribution in [2.75, 3.05) is 9.80 Å². The van der Waals surface area contributed by atoms with Gasteiger partial charge in [0.2, 0.25) is 0 Å². The molecule has 1 atom stereocenters. The van der Waals surface area contributed by atoms with Gasteiger partial charge in [-0.15, -0.1) is 0 Å². The molecule has 17 rings (SSSR count). The first-order chi connectivity index (χ1) is 42.7. The zero-order valence-corrected chi connectivity index (χ0v) is 49.3. The van der Waals surface area contributed by atoms with E-state index in [9.17, 15) is 0 Å². The molecule has 87 heavy (non-hydrogen) atoms. The lowest BCUT2D eigenvalue weighted by molar-refractivity contribution is 0.660. The van der Waals surface area contributed by atoms with Crippen molar-refractivity contribution in [2.24, 2.45) is 0 Å². The first-order valence-corrected chi connectivity index (χ1v) is 30.7. The molecular formula is C85H62N2. The summed E-state index contributed by atoms with van der Waals surface area (Å²) in [5, 5.41) is 0. The second-order valence-corrected chi connectivity index (χ2v) is 25.1. The summed E-state index contributed by atoms with van der Waals surface area (Å²) < 4.78 is 0. The molecule has 1 unspecified atom stereocenters. The van der Waals surface area contributed by atoms with Crippen LogP contribution in [0.2, 0.25) is 0 Å². The number of benzene rings is 13. The van der Waals surface area contributed by atoms with Crippen LogP contribution in [0.25, 0.3) is 77.9 Å². The Kier molecular flexibility index (Phi) is 11.3. The quantitative estimate of drug-likeness (QED) is 0.142. The summed E-state index contributed by atoms with van der Waals surface area (Å²) in [7, 11) is 0. The highest BCUT2D eigenvalue weighted by Gasteiger charge is 2.53. The van der Waals surface area contributed by atoms with Gasteiger partial charge >= 0.3 is 0 Å². The summed E-state index contributed by atoms with van der Waals surface area (Å²) in [6.45, 7) is 9.45. The summed E-state index contributed by atoms with van der Waals surface area (Å²) in [5.41, 5.74) is 34.3. The maximum atomic E-state index is 2.54. The number of nitrogens with zero attached hydrogens (tertiary/aromatic N) is 2. The van der Waals surface area contributed by atoms with Crippen molar-refractivity contribution >= 4 is 34.1 Å². The lowest BCUT2D eigenvalue weighted by Crippen LogP contribution is -2.26. The number of hydrogen-bond acceptors (Lipinski definition) is 2. The van der Waals surface area contributed by atoms with Gasteiger partial charge in [-0.1, -0.05) is 252 Å². The SMILES string of the molecule is CC1(C)c2ccccc2-c2ccc(N(c3ccccc3)c3ccc(-c4ccc5c(c4)C4(c6ccccc6-c6cccc(-c7ccccc7)c64)c4cccc(-c6ccc(N(c7ccccc7)c7ccc8c(c7)C(C)(C)c7ccccc7-8)cc6)c4-5)cc3)cc21. The van der Waals surface area contributed by atoms with Crippen molar-refractivity contribution in [2.45, 2.75) is 43.9 Å². The van der Waals surface area contributed by atoms with Crippen LogP contribution in [0.4, 0.5) is 34.1 Å². The molecule has 412 valence electrons. The first-order valence-electron chi connectivity index (χ1n) is 30.7. The van der Waals surface area contributed by atoms with E-state index in [-0.39, 0.29) is 10.8 Å². The van der Waals surface area contributed by atoms with Gasteiger partial charge in [0.15, 0.2) is 0 Å². The number of rotatable bonds is 9. The minimum Gasteiger partial charge on any atom is -0.310 e. The molecule has 0 aromatic heterocycles. The third-order valence-electron chi connectivity index (χ3n) is 19.9. The van der Waals surface area contributed by atoms with Crippen LogP contribution in [0.5, 0.6) is 0 Å². The molecule has 13 aromatic carbocycles. The maximum Gasteiger partial charge on any atom is 0.0731 e. The molecule has 0 heterocycles. The summed E-state index contributed by atoms with van der Waals surface area (Å²) in [6.07, 6.45) is 0. The van der Waals surface area contributed by atoms with E-state index in [0.717, 1.165) is 34.1 Å². The third kappa shape index (κ3) is 7.47. The van der Waals surface area contributed by atoms with Crippen molar-refractivity contribution in [1.29, 1.82) is 0 Å². The molecule has 1 spiro atoms. The van der Waals surface area contributed by atoms with E-state index in [1.165, 1.54) is 122 Å². The molecule has 0 N–H and O–H groups in total. The van der Waals surface area contributed by atoms with E-state index < -0.39 is 5.41 Å². The van der Waals surface area contributed by atoms with Gasteiger partial charge in [-0.25, -0.2) is 0 Å². The second-order valence-electron chi connectivity index (χ2n) is 25.1. The molecular weight excluding hydrogens is 1050 g/mol. The van der Waals surface area contributed by atoms with Crippen molar-refractivity contribution < 1.29 is 0 Å². The minimum atomic E-state index is -0.620. The van der Waals surface area contributed by atoms with Crippen LogP contribution < -0.4 is 9.80 Å². The maximum absolute atomic E-state index is 2.54. The third-order valence-corrected chi connectivity index (χ3v) is 19.9. The first kappa shape index (κ1) is 50.9. The lowest BCUT2D eigenvalue weighted by Gasteiger charge is -2.32. The Labute approximate surface area is 510 Å². The van der Waals surface area contributed by atoms with E-state index in [1.54, 1.807) is 0 Å². The standard InChI is InChI=1S/C85H62N2/c1-83(2)74-34-17-14-28-67(74)70-50-47-63(53-78(70)83)86(59-24-10-6-11-25-59)61-43-38-55(39-44-61)58-42-49-73-80(52-58)85(76-36-19-16-30-69(76)72-33-20-32-66(82(72)85)56-22-8-5-9-23-56)77-37-21-31-65(81(73)77)57-40-45-62(46-41-57)87(60-26-12-7-13-27-60)64-48-51-71-68-29-15-18-35-75(68)84(3,4)79(71)54-64/h5-54H,1-4H3. The van der Waals surface area contributed by atoms with Gasteiger partial charge in [0.05, 0.1) is 5.41 Å². The molecule has 0 saturated heterocycles. The van der Waals surface area contributed by atoms with Gasteiger partial charge in [0.25, 0.3) is 0 Å². The number of fused-ring (bicyclic) bond motifs is 16. The molecule has 13 aromatic rings. The molecule has 4 aliphatic carbocycles. The zero-order chi connectivity index (χ0) is 58.2. The Hall–Kier alpha value is -10.5. The van der Waals surface area contributed by atoms with Gasteiger partial charge in [0.1, 0.15) is 0 Å². The lowest BCUT2D eigenvalue weighted by atomic mass is 9.68. The fraction of sp³-hybridized carbons (Fsp3) is 0.0824. The Morgan fingerprint density at radius 1 is 0.207 bits per heavy atom. The van der Waals surface area contributed by atoms with Gasteiger partial charge < -0.3 is 9.80 Å². The summed E-state index contributed by atoms with van der Waals surface area (Å²) >= 11 is 0. The van der Waals surface area contributed by atoms with Crippen LogP contribution in [0.1, 0.15) is 72.2 Å². The van der Waals surface area contributed by atoms with Crippen molar-refractivity contribution in [3.8, 4) is 77.9 Å². The average molecular weight is 1110 g/mol. The Balaban J connectivity index is 0.814. The van der Waals surface area contributed by atoms with Gasteiger partial charge in [-0.05, 0) is 201 Å². The normalized spacial score (nSPS) is 15.4. The number of para-hydroxylation sites is 2. The smallest absolute Gasteiger partial charge is 0.0731 e. The van der Waals surface area contributed by atoms with Crippen LogP contribution in [0, 0.1) is 0 Å². The average Bonchev–Trinajstić information content (AvgIpc) is 1.52. The van der Waals surface area contributed by atoms with Crippen molar-refractivity contribution in [3.63, 3.8) is 0 Å². The topological polar surface area (TPSA) is 6.48 Å². The Bertz CT molecular complexity index is 4900. The molecule has 0 fully saturated rings. The summed E-state index contributed by atoms with van der Waals surface area (Å²) in [5.74, 6) is 0. The highest BCUT2D eigenvalue weighted by Crippen LogP contribution is 2.66. The Morgan fingerprint density at radius 3 is 1.14 bits per heavy atom. The van der Waals surface area contributed by atoms with E-state index in [0.29, 0.717) is 0 Å². The van der Waals surface area contributed by atoms with E-state index in [1.807, 2.05) is 0 Å². The molecule has 0 amide bonds. The van der Waals surface area contributed by atoms with Crippen LogP contribution >= 0.6 is 0 Å². The molecule has 4 aliphatic rings. The van der Waals surface area contributed by atoms with Crippen molar-refractivity contribution in [1.82, 2.24) is 0 Å². The Morgan fingerprint density at radius 2 is 0.575 bits per heavy atom. The fourth-order valence-electron chi connectivity index (χ4n) is 15.9. The summed E-state index contributed by atoms with van der Waals surface area (Å²) in [6, 6.07) is 114. The van der Waals surface area contributed by atoms with Crippen LogP contribution in [-0.4, -0.2) is 0 Å². The van der Waals surface area contributed by atoms with Gasteiger partial charge in [-0.2, -0.15) is 0 Å². The number of hydrogen-bond donors (Lipinski definition) is 0. The van der Waals surface area contributed by atoms with Gasteiger partial charge in [-0.3, -0.25) is 0 Å². The van der Waals surface area contributed by atoms with Crippen molar-refractivity contribution in [3.05, 3.63) is 348 Å². The second kappa shape index (κ2) is 19.2. The zero-order valence-electron chi connectivity index (χ0n) is 49.3. The molecule has 2 nitrogen and oxygen atoms in total. The predicted molar refractivity (Wildman–Crippen MR) is 364 cm³/mol. The minimum absolute atomic E-state index is 0.119. The van der Waals surface area contributed by atoms with Crippen LogP contribution in [-0.2, 0) is 16.2 Å². The number of anilines is 6. The van der Waals surface area contributed by atoms with Gasteiger partial charge in [0, 0.05) is 45.0 Å². The molecule has 0 bridgehead atoms. The highest BCUT2D eigenvalue weighted by atomic mass is 15.1. The monoisotopic (exact) mass is 1110 g/mol. The summed E-state index contributed by atoms with van der Waals surface area (Å²) in [4.78, 5) is 4.83. The van der Waals surface area contributed by atoms with E-state index in [4.69, 9.17) is 0 Å². The van der Waals surface area contributed by atoms with E-state index in [2.05, 4.69) is 341 Å².